The Morgan fingerprint density at radius 3 is 2.44 bits per heavy atom. The monoisotopic (exact) mass is 233 g/mol. The molecule has 0 aliphatic rings. The first-order chi connectivity index (χ1) is 8.90. The van der Waals surface area contributed by atoms with Crippen LogP contribution in [0.2, 0.25) is 0 Å². The van der Waals surface area contributed by atoms with E-state index in [1.165, 1.54) is 0 Å². The lowest BCUT2D eigenvalue weighted by Crippen LogP contribution is -1.96. The van der Waals surface area contributed by atoms with Gasteiger partial charge in [0.25, 0.3) is 0 Å². The molecule has 0 saturated heterocycles. The zero-order chi connectivity index (χ0) is 12.6. The summed E-state index contributed by atoms with van der Waals surface area (Å²) in [6.45, 7) is 0.271. The van der Waals surface area contributed by atoms with Crippen molar-refractivity contribution in [2.75, 3.05) is 6.61 Å². The van der Waals surface area contributed by atoms with Crippen LogP contribution in [0.3, 0.4) is 0 Å². The second-order valence-corrected chi connectivity index (χ2v) is 3.56. The van der Waals surface area contributed by atoms with Crippen molar-refractivity contribution < 1.29 is 4.74 Å². The predicted molar refractivity (Wildman–Crippen MR) is 70.0 cm³/mol. The summed E-state index contributed by atoms with van der Waals surface area (Å²) in [4.78, 5) is 0. The molecular formula is C16H11NO. The molecule has 0 unspecified atom stereocenters. The largest absolute Gasteiger partial charge is 0.480 e. The van der Waals surface area contributed by atoms with Gasteiger partial charge in [0.05, 0.1) is 5.56 Å². The molecule has 2 aromatic carbocycles. The molecule has 0 fully saturated rings. The predicted octanol–water partition coefficient (Wildman–Crippen LogP) is 2.99. The third kappa shape index (κ3) is 3.14. The standard InChI is InChI=1S/C16H11NO/c17-13-15-10-4-5-11-16(15)18-12-6-9-14-7-2-1-3-8-14/h1-5,7-8,10-11H,12H2. The van der Waals surface area contributed by atoms with Gasteiger partial charge in [0, 0.05) is 5.56 Å². The average molecular weight is 233 g/mol. The number of hydrogen-bond donors (Lipinski definition) is 0. The van der Waals surface area contributed by atoms with E-state index in [0.29, 0.717) is 11.3 Å². The Hall–Kier alpha value is -2.71. The van der Waals surface area contributed by atoms with Crippen molar-refractivity contribution in [3.05, 3.63) is 65.7 Å². The fourth-order valence-corrected chi connectivity index (χ4v) is 1.46. The van der Waals surface area contributed by atoms with Crippen LogP contribution in [0, 0.1) is 23.2 Å². The number of benzene rings is 2. The van der Waals surface area contributed by atoms with E-state index in [9.17, 15) is 0 Å². The maximum atomic E-state index is 8.89. The van der Waals surface area contributed by atoms with Gasteiger partial charge in [-0.25, -0.2) is 0 Å². The third-order valence-corrected chi connectivity index (χ3v) is 2.31. The summed E-state index contributed by atoms with van der Waals surface area (Å²) in [5.41, 5.74) is 1.48. The number of nitrogens with zero attached hydrogens (tertiary/aromatic N) is 1. The average Bonchev–Trinajstić information content (AvgIpc) is 2.45. The summed E-state index contributed by atoms with van der Waals surface area (Å²) in [5.74, 6) is 6.49. The highest BCUT2D eigenvalue weighted by atomic mass is 16.5. The Morgan fingerprint density at radius 2 is 1.67 bits per heavy atom. The quantitative estimate of drug-likeness (QED) is 0.747. The van der Waals surface area contributed by atoms with Gasteiger partial charge < -0.3 is 4.74 Å². The Kier molecular flexibility index (Phi) is 4.01. The third-order valence-electron chi connectivity index (χ3n) is 2.31. The minimum atomic E-state index is 0.271. The van der Waals surface area contributed by atoms with Crippen LogP contribution in [0.4, 0.5) is 0 Å². The van der Waals surface area contributed by atoms with Crippen molar-refractivity contribution in [2.24, 2.45) is 0 Å². The molecule has 0 bridgehead atoms. The lowest BCUT2D eigenvalue weighted by atomic mass is 10.2. The normalized spacial score (nSPS) is 8.83. The fourth-order valence-electron chi connectivity index (χ4n) is 1.46. The van der Waals surface area contributed by atoms with Gasteiger partial charge in [-0.1, -0.05) is 42.2 Å². The second kappa shape index (κ2) is 6.13. The molecule has 0 radical (unpaired) electrons. The molecule has 2 nitrogen and oxygen atoms in total. The van der Waals surface area contributed by atoms with Crippen LogP contribution in [-0.2, 0) is 0 Å². The molecule has 2 heteroatoms. The SMILES string of the molecule is N#Cc1ccccc1OCC#Cc1ccccc1. The molecule has 0 heterocycles. The molecule has 0 aliphatic carbocycles. The highest BCUT2D eigenvalue weighted by Gasteiger charge is 1.99. The van der Waals surface area contributed by atoms with Gasteiger partial charge in [-0.2, -0.15) is 5.26 Å². The maximum Gasteiger partial charge on any atom is 0.149 e. The van der Waals surface area contributed by atoms with Crippen LogP contribution >= 0.6 is 0 Å². The summed E-state index contributed by atoms with van der Waals surface area (Å²) in [6, 6.07) is 18.9. The molecule has 0 aliphatic heterocycles. The van der Waals surface area contributed by atoms with E-state index in [2.05, 4.69) is 17.9 Å². The van der Waals surface area contributed by atoms with Gasteiger partial charge in [0.15, 0.2) is 0 Å². The van der Waals surface area contributed by atoms with Crippen LogP contribution in [-0.4, -0.2) is 6.61 Å². The maximum absolute atomic E-state index is 8.89. The molecule has 0 saturated carbocycles. The van der Waals surface area contributed by atoms with Crippen molar-refractivity contribution in [2.45, 2.75) is 0 Å². The highest BCUT2D eigenvalue weighted by Crippen LogP contribution is 2.15. The number of rotatable bonds is 2. The molecule has 0 atom stereocenters. The van der Waals surface area contributed by atoms with E-state index in [0.717, 1.165) is 5.56 Å². The summed E-state index contributed by atoms with van der Waals surface area (Å²) >= 11 is 0. The summed E-state index contributed by atoms with van der Waals surface area (Å²) in [7, 11) is 0. The van der Waals surface area contributed by atoms with Crippen molar-refractivity contribution >= 4 is 0 Å². The molecule has 0 aromatic heterocycles. The van der Waals surface area contributed by atoms with Gasteiger partial charge in [-0.05, 0) is 24.3 Å². The van der Waals surface area contributed by atoms with Crippen LogP contribution < -0.4 is 4.74 Å². The fraction of sp³-hybridized carbons (Fsp3) is 0.0625. The van der Waals surface area contributed by atoms with Crippen molar-refractivity contribution in [1.82, 2.24) is 0 Å². The lowest BCUT2D eigenvalue weighted by Gasteiger charge is -2.02. The Labute approximate surface area is 106 Å². The summed E-state index contributed by atoms with van der Waals surface area (Å²) < 4.78 is 5.45. The van der Waals surface area contributed by atoms with Gasteiger partial charge in [0.1, 0.15) is 18.4 Å². The van der Waals surface area contributed by atoms with Gasteiger partial charge in [0.2, 0.25) is 0 Å². The molecule has 0 amide bonds. The summed E-state index contributed by atoms with van der Waals surface area (Å²) in [5, 5.41) is 8.89. The first-order valence-electron chi connectivity index (χ1n) is 5.56. The molecule has 2 aromatic rings. The van der Waals surface area contributed by atoms with Gasteiger partial charge >= 0.3 is 0 Å². The number of para-hydroxylation sites is 1. The van der Waals surface area contributed by atoms with E-state index in [1.54, 1.807) is 18.2 Å². The smallest absolute Gasteiger partial charge is 0.149 e. The van der Waals surface area contributed by atoms with Gasteiger partial charge in [-0.15, -0.1) is 0 Å². The van der Waals surface area contributed by atoms with Gasteiger partial charge in [-0.3, -0.25) is 0 Å². The van der Waals surface area contributed by atoms with Crippen LogP contribution in [0.15, 0.2) is 54.6 Å². The second-order valence-electron chi connectivity index (χ2n) is 3.56. The zero-order valence-electron chi connectivity index (χ0n) is 9.76. The number of hydrogen-bond acceptors (Lipinski definition) is 2. The molecular weight excluding hydrogens is 222 g/mol. The van der Waals surface area contributed by atoms with Crippen molar-refractivity contribution in [3.8, 4) is 23.7 Å². The van der Waals surface area contributed by atoms with E-state index in [4.69, 9.17) is 10.00 Å². The molecule has 0 N–H and O–H groups in total. The topological polar surface area (TPSA) is 33.0 Å². The van der Waals surface area contributed by atoms with E-state index in [1.807, 2.05) is 36.4 Å². The first-order valence-corrected chi connectivity index (χ1v) is 5.56. The van der Waals surface area contributed by atoms with Crippen molar-refractivity contribution in [1.29, 1.82) is 5.26 Å². The van der Waals surface area contributed by atoms with Crippen LogP contribution in [0.1, 0.15) is 11.1 Å². The summed E-state index contributed by atoms with van der Waals surface area (Å²) in [6.07, 6.45) is 0. The zero-order valence-corrected chi connectivity index (χ0v) is 9.76. The first kappa shape index (κ1) is 11.8. The Balaban J connectivity index is 1.98. The van der Waals surface area contributed by atoms with E-state index < -0.39 is 0 Å². The Bertz CT molecular complexity index is 615. The minimum Gasteiger partial charge on any atom is -0.480 e. The highest BCUT2D eigenvalue weighted by molar-refractivity contribution is 5.42. The van der Waals surface area contributed by atoms with E-state index >= 15 is 0 Å². The lowest BCUT2D eigenvalue weighted by molar-refractivity contribution is 0.369. The molecule has 18 heavy (non-hydrogen) atoms. The minimum absolute atomic E-state index is 0.271. The molecule has 86 valence electrons. The Morgan fingerprint density at radius 1 is 0.944 bits per heavy atom. The number of nitriles is 1. The number of ether oxygens (including phenoxy) is 1. The molecule has 0 spiro atoms. The van der Waals surface area contributed by atoms with Crippen LogP contribution in [0.25, 0.3) is 0 Å². The van der Waals surface area contributed by atoms with E-state index in [-0.39, 0.29) is 6.61 Å². The van der Waals surface area contributed by atoms with Crippen molar-refractivity contribution in [3.63, 3.8) is 0 Å². The molecule has 2 rings (SSSR count). The van der Waals surface area contributed by atoms with Crippen LogP contribution in [0.5, 0.6) is 5.75 Å².